The third-order valence-electron chi connectivity index (χ3n) is 4.58. The fourth-order valence-electron chi connectivity index (χ4n) is 3.28. The Kier molecular flexibility index (Phi) is 4.13. The molecule has 2 heterocycles. The van der Waals surface area contributed by atoms with Gasteiger partial charge in [-0.1, -0.05) is 6.07 Å². The number of carbonyl (C=O) groups excluding carboxylic acids is 1. The number of likely N-dealkylation sites (tertiary alicyclic amines) is 1. The predicted octanol–water partition coefficient (Wildman–Crippen LogP) is 2.24. The lowest BCUT2D eigenvalue weighted by Crippen LogP contribution is -2.44. The molecule has 0 spiro atoms. The molecule has 3 rings (SSSR count). The minimum Gasteiger partial charge on any atom is -0.497 e. The van der Waals surface area contributed by atoms with Crippen LogP contribution in [0.15, 0.2) is 35.1 Å². The molecule has 24 heavy (non-hydrogen) atoms. The first kappa shape index (κ1) is 16.2. The number of amides is 1. The number of aryl methyl sites for hydroxylation is 1. The molecule has 1 aromatic heterocycles. The molecule has 0 bridgehead atoms. The van der Waals surface area contributed by atoms with E-state index in [4.69, 9.17) is 4.74 Å². The highest BCUT2D eigenvalue weighted by Crippen LogP contribution is 2.37. The normalized spacial score (nSPS) is 20.2. The van der Waals surface area contributed by atoms with Gasteiger partial charge in [0.1, 0.15) is 11.6 Å². The highest BCUT2D eigenvalue weighted by atomic mass is 16.5. The molecule has 0 unspecified atom stereocenters. The third kappa shape index (κ3) is 2.79. The molecule has 1 amide bonds. The summed E-state index contributed by atoms with van der Waals surface area (Å²) in [4.78, 5) is 33.9. The van der Waals surface area contributed by atoms with Crippen molar-refractivity contribution in [1.29, 1.82) is 0 Å². The zero-order valence-electron chi connectivity index (χ0n) is 14.1. The van der Waals surface area contributed by atoms with Gasteiger partial charge in [-0.25, -0.2) is 4.98 Å². The first-order valence-electron chi connectivity index (χ1n) is 7.98. The third-order valence-corrected chi connectivity index (χ3v) is 4.58. The van der Waals surface area contributed by atoms with E-state index in [0.29, 0.717) is 29.4 Å². The Labute approximate surface area is 140 Å². The number of aromatic amines is 1. The lowest BCUT2D eigenvalue weighted by molar-refractivity contribution is 0.0602. The van der Waals surface area contributed by atoms with Gasteiger partial charge in [-0.05, 0) is 44.9 Å². The van der Waals surface area contributed by atoms with Crippen LogP contribution in [0.3, 0.4) is 0 Å². The van der Waals surface area contributed by atoms with E-state index in [0.717, 1.165) is 12.8 Å². The summed E-state index contributed by atoms with van der Waals surface area (Å²) in [5, 5.41) is 0. The number of H-pyrrole nitrogens is 1. The van der Waals surface area contributed by atoms with E-state index < -0.39 is 5.54 Å². The maximum Gasteiger partial charge on any atom is 0.254 e. The molecule has 0 saturated carbocycles. The molecular weight excluding hydrogens is 306 g/mol. The predicted molar refractivity (Wildman–Crippen MR) is 90.2 cm³/mol. The number of ether oxygens (including phenoxy) is 1. The maximum atomic E-state index is 13.0. The number of nitrogens with zero attached hydrogens (tertiary/aromatic N) is 2. The Bertz CT molecular complexity index is 830. The van der Waals surface area contributed by atoms with Crippen LogP contribution in [0.5, 0.6) is 5.75 Å². The van der Waals surface area contributed by atoms with E-state index in [9.17, 15) is 9.59 Å². The van der Waals surface area contributed by atoms with Crippen molar-refractivity contribution in [3.8, 4) is 5.75 Å². The van der Waals surface area contributed by atoms with Crippen LogP contribution in [-0.2, 0) is 5.54 Å². The summed E-state index contributed by atoms with van der Waals surface area (Å²) < 4.78 is 5.21. The number of methoxy groups -OCH3 is 1. The number of aromatic nitrogens is 2. The van der Waals surface area contributed by atoms with Crippen LogP contribution < -0.4 is 10.3 Å². The van der Waals surface area contributed by atoms with E-state index in [1.807, 2.05) is 6.92 Å². The number of hydrogen-bond acceptors (Lipinski definition) is 4. The Hall–Kier alpha value is -2.63. The van der Waals surface area contributed by atoms with E-state index in [2.05, 4.69) is 9.97 Å². The molecule has 6 heteroatoms. The van der Waals surface area contributed by atoms with Gasteiger partial charge in [0.2, 0.25) is 0 Å². The number of rotatable bonds is 3. The van der Waals surface area contributed by atoms with Crippen molar-refractivity contribution < 1.29 is 9.53 Å². The second kappa shape index (κ2) is 6.11. The number of nitrogens with one attached hydrogen (secondary N) is 1. The van der Waals surface area contributed by atoms with Gasteiger partial charge in [0.15, 0.2) is 0 Å². The second-order valence-corrected chi connectivity index (χ2v) is 6.30. The molecule has 126 valence electrons. The summed E-state index contributed by atoms with van der Waals surface area (Å²) >= 11 is 0. The van der Waals surface area contributed by atoms with Crippen molar-refractivity contribution in [1.82, 2.24) is 14.9 Å². The maximum absolute atomic E-state index is 13.0. The molecule has 1 saturated heterocycles. The summed E-state index contributed by atoms with van der Waals surface area (Å²) in [6.07, 6.45) is 1.62. The Balaban J connectivity index is 2.00. The molecule has 1 aliphatic heterocycles. The van der Waals surface area contributed by atoms with Crippen molar-refractivity contribution in [2.24, 2.45) is 0 Å². The quantitative estimate of drug-likeness (QED) is 0.938. The van der Waals surface area contributed by atoms with Crippen LogP contribution in [0.25, 0.3) is 0 Å². The summed E-state index contributed by atoms with van der Waals surface area (Å²) in [7, 11) is 1.57. The summed E-state index contributed by atoms with van der Waals surface area (Å²) in [6, 6.07) is 8.56. The summed E-state index contributed by atoms with van der Waals surface area (Å²) in [6.45, 7) is 4.37. The van der Waals surface area contributed by atoms with Crippen molar-refractivity contribution in [3.63, 3.8) is 0 Å². The SMILES string of the molecule is COc1cccc(C(=O)N2CCC[C@@]2(C)c2nc(C)cc(=O)[nH]2)c1. The van der Waals surface area contributed by atoms with Crippen LogP contribution in [0.2, 0.25) is 0 Å². The van der Waals surface area contributed by atoms with Gasteiger partial charge in [0.25, 0.3) is 11.5 Å². The van der Waals surface area contributed by atoms with Crippen molar-refractivity contribution >= 4 is 5.91 Å². The molecule has 1 atom stereocenters. The minimum atomic E-state index is -0.620. The fourth-order valence-corrected chi connectivity index (χ4v) is 3.28. The van der Waals surface area contributed by atoms with Crippen molar-refractivity contribution in [3.05, 3.63) is 57.8 Å². The Morgan fingerprint density at radius 3 is 2.88 bits per heavy atom. The van der Waals surface area contributed by atoms with Gasteiger partial charge in [-0.15, -0.1) is 0 Å². The lowest BCUT2D eigenvalue weighted by atomic mass is 9.96. The molecule has 1 N–H and O–H groups in total. The van der Waals surface area contributed by atoms with Crippen molar-refractivity contribution in [2.75, 3.05) is 13.7 Å². The molecule has 0 aliphatic carbocycles. The Morgan fingerprint density at radius 1 is 1.38 bits per heavy atom. The highest BCUT2D eigenvalue weighted by molar-refractivity contribution is 5.95. The topological polar surface area (TPSA) is 75.3 Å². The van der Waals surface area contributed by atoms with E-state index >= 15 is 0 Å². The van der Waals surface area contributed by atoms with Gasteiger partial charge in [0, 0.05) is 23.9 Å². The van der Waals surface area contributed by atoms with Gasteiger partial charge in [-0.2, -0.15) is 0 Å². The van der Waals surface area contributed by atoms with Gasteiger partial charge in [-0.3, -0.25) is 9.59 Å². The largest absolute Gasteiger partial charge is 0.497 e. The van der Waals surface area contributed by atoms with E-state index in [1.165, 1.54) is 6.07 Å². The smallest absolute Gasteiger partial charge is 0.254 e. The molecular formula is C18H21N3O3. The number of hydrogen-bond donors (Lipinski definition) is 1. The van der Waals surface area contributed by atoms with Crippen LogP contribution in [0.4, 0.5) is 0 Å². The average molecular weight is 327 g/mol. The van der Waals surface area contributed by atoms with E-state index in [1.54, 1.807) is 43.2 Å². The minimum absolute atomic E-state index is 0.0851. The van der Waals surface area contributed by atoms with Gasteiger partial charge >= 0.3 is 0 Å². The second-order valence-electron chi connectivity index (χ2n) is 6.30. The van der Waals surface area contributed by atoms with Gasteiger partial charge < -0.3 is 14.6 Å². The summed E-state index contributed by atoms with van der Waals surface area (Å²) in [5.41, 5.74) is 0.401. The molecule has 6 nitrogen and oxygen atoms in total. The van der Waals surface area contributed by atoms with Crippen LogP contribution in [0.1, 0.15) is 41.6 Å². The molecule has 1 aromatic carbocycles. The molecule has 2 aromatic rings. The monoisotopic (exact) mass is 327 g/mol. The highest BCUT2D eigenvalue weighted by Gasteiger charge is 2.43. The lowest BCUT2D eigenvalue weighted by Gasteiger charge is -2.34. The first-order chi connectivity index (χ1) is 11.4. The molecule has 1 aliphatic rings. The van der Waals surface area contributed by atoms with Crippen LogP contribution in [-0.4, -0.2) is 34.4 Å². The first-order valence-corrected chi connectivity index (χ1v) is 7.98. The van der Waals surface area contributed by atoms with Crippen molar-refractivity contribution in [2.45, 2.75) is 32.2 Å². The zero-order valence-corrected chi connectivity index (χ0v) is 14.1. The molecule has 1 fully saturated rings. The van der Waals surface area contributed by atoms with Gasteiger partial charge in [0.05, 0.1) is 12.6 Å². The number of benzene rings is 1. The van der Waals surface area contributed by atoms with Crippen LogP contribution in [0, 0.1) is 6.92 Å². The average Bonchev–Trinajstić information content (AvgIpc) is 2.96. The Morgan fingerprint density at radius 2 is 2.17 bits per heavy atom. The molecule has 0 radical (unpaired) electrons. The standard InChI is InChI=1S/C18H21N3O3/c1-12-10-15(22)20-17(19-12)18(2)8-5-9-21(18)16(23)13-6-4-7-14(11-13)24-3/h4,6-7,10-11H,5,8-9H2,1-3H3,(H,19,20,22)/t18-/m0/s1. The van der Waals surface area contributed by atoms with E-state index in [-0.39, 0.29) is 11.5 Å². The summed E-state index contributed by atoms with van der Waals surface area (Å²) in [5.74, 6) is 1.10. The fraction of sp³-hybridized carbons (Fsp3) is 0.389. The zero-order chi connectivity index (χ0) is 17.3. The number of carbonyl (C=O) groups is 1. The van der Waals surface area contributed by atoms with Crippen LogP contribution >= 0.6 is 0 Å².